The Bertz CT molecular complexity index is 628. The number of nitrogens with one attached hydrogen (secondary N) is 1. The van der Waals surface area contributed by atoms with E-state index in [0.29, 0.717) is 17.5 Å². The number of carbonyl (C=O) groups excluding carboxylic acids is 1. The molecule has 3 saturated carbocycles. The molecular formula is C19H25FN2O2. The van der Waals surface area contributed by atoms with Crippen LogP contribution in [0, 0.1) is 23.6 Å². The SMILES string of the molecule is NC1C2CCC(C2)C1C(=O)Nc1ccc(OC2CCCC2)c(F)c1. The average Bonchev–Trinajstić information content (AvgIpc) is 3.27. The fourth-order valence-electron chi connectivity index (χ4n) is 4.81. The number of halogens is 1. The van der Waals surface area contributed by atoms with Crippen LogP contribution in [-0.2, 0) is 4.79 Å². The third-order valence-electron chi connectivity index (χ3n) is 6.08. The van der Waals surface area contributed by atoms with Gasteiger partial charge in [0.2, 0.25) is 5.91 Å². The van der Waals surface area contributed by atoms with Crippen LogP contribution in [0.5, 0.6) is 5.75 Å². The van der Waals surface area contributed by atoms with Gasteiger partial charge in [-0.15, -0.1) is 0 Å². The van der Waals surface area contributed by atoms with Gasteiger partial charge >= 0.3 is 0 Å². The van der Waals surface area contributed by atoms with Gasteiger partial charge in [0.05, 0.1) is 12.0 Å². The zero-order chi connectivity index (χ0) is 16.7. The van der Waals surface area contributed by atoms with Gasteiger partial charge in [-0.3, -0.25) is 4.79 Å². The molecule has 0 heterocycles. The first-order chi connectivity index (χ1) is 11.6. The summed E-state index contributed by atoms with van der Waals surface area (Å²) in [4.78, 5) is 12.5. The summed E-state index contributed by atoms with van der Waals surface area (Å²) in [5, 5.41) is 2.85. The number of amides is 1. The Morgan fingerprint density at radius 3 is 2.58 bits per heavy atom. The summed E-state index contributed by atoms with van der Waals surface area (Å²) < 4.78 is 20.0. The van der Waals surface area contributed by atoms with Gasteiger partial charge in [0.15, 0.2) is 11.6 Å². The van der Waals surface area contributed by atoms with E-state index in [2.05, 4.69) is 5.32 Å². The quantitative estimate of drug-likeness (QED) is 0.887. The Kier molecular flexibility index (Phi) is 4.21. The van der Waals surface area contributed by atoms with Crippen molar-refractivity contribution in [2.24, 2.45) is 23.5 Å². The number of nitrogens with two attached hydrogens (primary N) is 1. The van der Waals surface area contributed by atoms with Crippen LogP contribution >= 0.6 is 0 Å². The highest BCUT2D eigenvalue weighted by Crippen LogP contribution is 2.48. The van der Waals surface area contributed by atoms with Gasteiger partial charge in [0, 0.05) is 17.8 Å². The van der Waals surface area contributed by atoms with Crippen molar-refractivity contribution in [3.63, 3.8) is 0 Å². The minimum atomic E-state index is -0.419. The van der Waals surface area contributed by atoms with Gasteiger partial charge in [-0.2, -0.15) is 0 Å². The Hall–Kier alpha value is -1.62. The molecule has 4 nitrogen and oxygen atoms in total. The van der Waals surface area contributed by atoms with Crippen molar-refractivity contribution in [1.82, 2.24) is 0 Å². The van der Waals surface area contributed by atoms with Crippen LogP contribution in [0.4, 0.5) is 10.1 Å². The van der Waals surface area contributed by atoms with Crippen LogP contribution in [0.3, 0.4) is 0 Å². The Morgan fingerprint density at radius 1 is 1.17 bits per heavy atom. The predicted octanol–water partition coefficient (Wildman–Crippen LogP) is 3.46. The zero-order valence-corrected chi connectivity index (χ0v) is 13.8. The molecule has 3 fully saturated rings. The lowest BCUT2D eigenvalue weighted by atomic mass is 9.84. The highest BCUT2D eigenvalue weighted by molar-refractivity contribution is 5.93. The van der Waals surface area contributed by atoms with Crippen molar-refractivity contribution in [2.75, 3.05) is 5.32 Å². The number of hydrogen-bond acceptors (Lipinski definition) is 3. The summed E-state index contributed by atoms with van der Waals surface area (Å²) in [5.41, 5.74) is 6.69. The van der Waals surface area contributed by atoms with Crippen molar-refractivity contribution in [1.29, 1.82) is 0 Å². The number of benzene rings is 1. The third kappa shape index (κ3) is 2.90. The molecule has 4 unspecified atom stereocenters. The van der Waals surface area contributed by atoms with Crippen LogP contribution in [0.2, 0.25) is 0 Å². The van der Waals surface area contributed by atoms with Crippen molar-refractivity contribution in [3.05, 3.63) is 24.0 Å². The molecule has 3 aliphatic carbocycles. The fourth-order valence-corrected chi connectivity index (χ4v) is 4.81. The normalized spacial score (nSPS) is 32.2. The second-order valence-corrected chi connectivity index (χ2v) is 7.60. The molecule has 1 amide bonds. The number of anilines is 1. The maximum Gasteiger partial charge on any atom is 0.229 e. The van der Waals surface area contributed by atoms with Gasteiger partial charge in [-0.25, -0.2) is 4.39 Å². The van der Waals surface area contributed by atoms with Gasteiger partial charge in [0.25, 0.3) is 0 Å². The van der Waals surface area contributed by atoms with E-state index < -0.39 is 5.82 Å². The summed E-state index contributed by atoms with van der Waals surface area (Å²) in [6.45, 7) is 0. The van der Waals surface area contributed by atoms with E-state index in [1.807, 2.05) is 0 Å². The first-order valence-electron chi connectivity index (χ1n) is 9.14. The summed E-state index contributed by atoms with van der Waals surface area (Å²) >= 11 is 0. The van der Waals surface area contributed by atoms with Gasteiger partial charge in [-0.1, -0.05) is 0 Å². The topological polar surface area (TPSA) is 64.4 Å². The Labute approximate surface area is 141 Å². The van der Waals surface area contributed by atoms with Gasteiger partial charge < -0.3 is 15.8 Å². The summed E-state index contributed by atoms with van der Waals surface area (Å²) in [7, 11) is 0. The fraction of sp³-hybridized carbons (Fsp3) is 0.632. The molecule has 2 bridgehead atoms. The molecule has 5 heteroatoms. The lowest BCUT2D eigenvalue weighted by Crippen LogP contribution is -2.42. The van der Waals surface area contributed by atoms with E-state index >= 15 is 0 Å². The average molecular weight is 332 g/mol. The van der Waals surface area contributed by atoms with Crippen LogP contribution in [0.1, 0.15) is 44.9 Å². The summed E-state index contributed by atoms with van der Waals surface area (Å²) in [6, 6.07) is 4.62. The number of carbonyl (C=O) groups is 1. The highest BCUT2D eigenvalue weighted by atomic mass is 19.1. The Morgan fingerprint density at radius 2 is 1.92 bits per heavy atom. The minimum absolute atomic E-state index is 0.0569. The standard InChI is InChI=1S/C19H25FN2O2/c20-15-10-13(7-8-16(15)24-14-3-1-2-4-14)22-19(23)17-11-5-6-12(9-11)18(17)21/h7-8,10-12,14,17-18H,1-6,9,21H2,(H,22,23). The van der Waals surface area contributed by atoms with E-state index in [1.165, 1.54) is 6.07 Å². The lowest BCUT2D eigenvalue weighted by Gasteiger charge is -2.27. The van der Waals surface area contributed by atoms with E-state index in [0.717, 1.165) is 44.9 Å². The van der Waals surface area contributed by atoms with Crippen molar-refractivity contribution in [2.45, 2.75) is 57.1 Å². The minimum Gasteiger partial charge on any atom is -0.487 e. The van der Waals surface area contributed by atoms with Crippen LogP contribution < -0.4 is 15.8 Å². The van der Waals surface area contributed by atoms with Gasteiger partial charge in [0.1, 0.15) is 0 Å². The predicted molar refractivity (Wildman–Crippen MR) is 90.2 cm³/mol. The van der Waals surface area contributed by atoms with E-state index in [4.69, 9.17) is 10.5 Å². The van der Waals surface area contributed by atoms with Crippen LogP contribution in [-0.4, -0.2) is 18.1 Å². The maximum absolute atomic E-state index is 14.3. The summed E-state index contributed by atoms with van der Waals surface area (Å²) in [5.74, 6) is 0.512. The largest absolute Gasteiger partial charge is 0.487 e. The molecule has 0 aliphatic heterocycles. The molecular weight excluding hydrogens is 307 g/mol. The number of hydrogen-bond donors (Lipinski definition) is 2. The smallest absolute Gasteiger partial charge is 0.229 e. The van der Waals surface area contributed by atoms with Crippen LogP contribution in [0.25, 0.3) is 0 Å². The number of rotatable bonds is 4. The molecule has 0 aromatic heterocycles. The third-order valence-corrected chi connectivity index (χ3v) is 6.08. The monoisotopic (exact) mass is 332 g/mol. The Balaban J connectivity index is 1.41. The lowest BCUT2D eigenvalue weighted by molar-refractivity contribution is -0.121. The maximum atomic E-state index is 14.3. The second kappa shape index (κ2) is 6.36. The molecule has 0 saturated heterocycles. The van der Waals surface area contributed by atoms with E-state index in [9.17, 15) is 9.18 Å². The number of fused-ring (bicyclic) bond motifs is 2. The molecule has 4 rings (SSSR count). The number of ether oxygens (including phenoxy) is 1. The van der Waals surface area contributed by atoms with E-state index in [-0.39, 0.29) is 29.7 Å². The van der Waals surface area contributed by atoms with E-state index in [1.54, 1.807) is 12.1 Å². The summed E-state index contributed by atoms with van der Waals surface area (Å²) in [6.07, 6.45) is 7.65. The van der Waals surface area contributed by atoms with Crippen molar-refractivity contribution >= 4 is 11.6 Å². The van der Waals surface area contributed by atoms with Gasteiger partial charge in [-0.05, 0) is 68.9 Å². The highest BCUT2D eigenvalue weighted by Gasteiger charge is 2.49. The second-order valence-electron chi connectivity index (χ2n) is 7.60. The molecule has 130 valence electrons. The van der Waals surface area contributed by atoms with Crippen LogP contribution in [0.15, 0.2) is 18.2 Å². The van der Waals surface area contributed by atoms with Crippen molar-refractivity contribution in [3.8, 4) is 5.75 Å². The molecule has 0 radical (unpaired) electrons. The first kappa shape index (κ1) is 15.9. The molecule has 3 N–H and O–H groups in total. The molecule has 4 atom stereocenters. The molecule has 3 aliphatic rings. The first-order valence-corrected chi connectivity index (χ1v) is 9.14. The molecule has 24 heavy (non-hydrogen) atoms. The molecule has 0 spiro atoms. The zero-order valence-electron chi connectivity index (χ0n) is 13.8. The molecule has 1 aromatic carbocycles. The molecule has 1 aromatic rings. The van der Waals surface area contributed by atoms with Crippen molar-refractivity contribution < 1.29 is 13.9 Å².